The summed E-state index contributed by atoms with van der Waals surface area (Å²) in [6.07, 6.45) is 4.45. The molecule has 11 nitrogen and oxygen atoms in total. The maximum absolute atomic E-state index is 12.8. The van der Waals surface area contributed by atoms with Crippen LogP contribution in [0.4, 0.5) is 5.95 Å². The Morgan fingerprint density at radius 2 is 1.92 bits per heavy atom. The molecule has 1 aliphatic heterocycles. The zero-order valence-electron chi connectivity index (χ0n) is 19.9. The van der Waals surface area contributed by atoms with Gasteiger partial charge in [0.25, 0.3) is 0 Å². The van der Waals surface area contributed by atoms with Gasteiger partial charge in [-0.3, -0.25) is 4.79 Å². The predicted molar refractivity (Wildman–Crippen MR) is 133 cm³/mol. The van der Waals surface area contributed by atoms with Gasteiger partial charge in [0, 0.05) is 36.2 Å². The van der Waals surface area contributed by atoms with E-state index in [0.29, 0.717) is 31.3 Å². The van der Waals surface area contributed by atoms with Gasteiger partial charge in [-0.1, -0.05) is 24.3 Å². The summed E-state index contributed by atoms with van der Waals surface area (Å²) in [6.45, 7) is 1.02. The Balaban J connectivity index is 1.03. The molecular weight excluding hydrogens is 470 g/mol. The molecule has 7 rings (SSSR count). The standard InChI is InChI=1S/C26H23N9O2/c36-24(35-8-7-21-22(14-35)31-34-30-21)12-23-32-33-25(37-23)17-5-6-20-18(9-17)13-27-26(29-20)28-19-10-15-3-1-2-4-16(15)11-19/h1-6,9,13,19H,7-8,10-12,14H2,(H,27,28,29)(H,30,31,34). The normalized spacial score (nSPS) is 15.1. The lowest BCUT2D eigenvalue weighted by molar-refractivity contribution is -0.131. The van der Waals surface area contributed by atoms with E-state index in [9.17, 15) is 4.79 Å². The van der Waals surface area contributed by atoms with Gasteiger partial charge >= 0.3 is 0 Å². The van der Waals surface area contributed by atoms with Crippen molar-refractivity contribution in [3.63, 3.8) is 0 Å². The first-order valence-corrected chi connectivity index (χ1v) is 12.3. The highest BCUT2D eigenvalue weighted by Gasteiger charge is 2.25. The van der Waals surface area contributed by atoms with Gasteiger partial charge in [-0.25, -0.2) is 9.97 Å². The van der Waals surface area contributed by atoms with Crippen molar-refractivity contribution in [1.82, 2.24) is 40.5 Å². The van der Waals surface area contributed by atoms with Crippen molar-refractivity contribution < 1.29 is 9.21 Å². The monoisotopic (exact) mass is 493 g/mol. The number of H-pyrrole nitrogens is 1. The Kier molecular flexibility index (Phi) is 5.12. The van der Waals surface area contributed by atoms with Crippen molar-refractivity contribution in [1.29, 1.82) is 0 Å². The number of hydrogen-bond donors (Lipinski definition) is 2. The lowest BCUT2D eigenvalue weighted by Crippen LogP contribution is -2.37. The number of hydrogen-bond acceptors (Lipinski definition) is 9. The van der Waals surface area contributed by atoms with Gasteiger partial charge in [0.2, 0.25) is 23.6 Å². The van der Waals surface area contributed by atoms with E-state index in [4.69, 9.17) is 9.40 Å². The van der Waals surface area contributed by atoms with E-state index < -0.39 is 0 Å². The summed E-state index contributed by atoms with van der Waals surface area (Å²) in [6, 6.07) is 14.5. The van der Waals surface area contributed by atoms with E-state index in [-0.39, 0.29) is 24.3 Å². The molecule has 3 aromatic heterocycles. The topological polar surface area (TPSA) is 139 Å². The third-order valence-corrected chi connectivity index (χ3v) is 7.00. The first-order valence-electron chi connectivity index (χ1n) is 12.3. The zero-order chi connectivity index (χ0) is 24.8. The molecule has 1 aliphatic carbocycles. The maximum Gasteiger partial charge on any atom is 0.247 e. The fourth-order valence-electron chi connectivity index (χ4n) is 5.08. The summed E-state index contributed by atoms with van der Waals surface area (Å²) in [4.78, 5) is 23.7. The van der Waals surface area contributed by atoms with Crippen molar-refractivity contribution in [2.24, 2.45) is 0 Å². The number of nitrogens with one attached hydrogen (secondary N) is 2. The molecule has 4 heterocycles. The van der Waals surface area contributed by atoms with Crippen molar-refractivity contribution in [2.45, 2.75) is 38.3 Å². The average molecular weight is 494 g/mol. The molecule has 1 amide bonds. The second kappa shape index (κ2) is 8.77. The molecule has 11 heteroatoms. The number of nitrogens with zero attached hydrogens (tertiary/aromatic N) is 7. The summed E-state index contributed by atoms with van der Waals surface area (Å²) < 4.78 is 5.82. The third kappa shape index (κ3) is 4.18. The van der Waals surface area contributed by atoms with E-state index in [1.54, 1.807) is 11.1 Å². The average Bonchev–Trinajstić information content (AvgIpc) is 3.67. The number of rotatable bonds is 5. The number of aromatic nitrogens is 7. The highest BCUT2D eigenvalue weighted by Crippen LogP contribution is 2.26. The van der Waals surface area contributed by atoms with E-state index in [0.717, 1.165) is 40.7 Å². The zero-order valence-corrected chi connectivity index (χ0v) is 19.9. The molecule has 37 heavy (non-hydrogen) atoms. The summed E-state index contributed by atoms with van der Waals surface area (Å²) in [5, 5.41) is 23.4. The van der Waals surface area contributed by atoms with Crippen LogP contribution in [0.25, 0.3) is 22.4 Å². The second-order valence-corrected chi connectivity index (χ2v) is 9.45. The van der Waals surface area contributed by atoms with Crippen LogP contribution in [-0.4, -0.2) is 59.0 Å². The van der Waals surface area contributed by atoms with E-state index in [1.165, 1.54) is 11.1 Å². The van der Waals surface area contributed by atoms with E-state index in [1.807, 2.05) is 18.2 Å². The lowest BCUT2D eigenvalue weighted by Gasteiger charge is -2.24. The summed E-state index contributed by atoms with van der Waals surface area (Å²) in [7, 11) is 0. The van der Waals surface area contributed by atoms with Crippen LogP contribution in [0.1, 0.15) is 28.4 Å². The Hall–Kier alpha value is -4.67. The number of carbonyl (C=O) groups is 1. The summed E-state index contributed by atoms with van der Waals surface area (Å²) in [5.74, 6) is 1.17. The largest absolute Gasteiger partial charge is 0.420 e. The molecule has 0 spiro atoms. The Bertz CT molecular complexity index is 1600. The van der Waals surface area contributed by atoms with Crippen LogP contribution in [0.15, 0.2) is 53.1 Å². The SMILES string of the molecule is O=C(Cc1nnc(-c2ccc3nc(NC4Cc5ccccc5C4)ncc3c2)o1)N1CCc2n[nH]nc2C1. The molecular formula is C26H23N9O2. The van der Waals surface area contributed by atoms with Gasteiger partial charge in [0.15, 0.2) is 0 Å². The minimum Gasteiger partial charge on any atom is -0.420 e. The summed E-state index contributed by atoms with van der Waals surface area (Å²) in [5.41, 5.74) is 6.05. The predicted octanol–water partition coefficient (Wildman–Crippen LogP) is 2.50. The fraction of sp³-hybridized carbons (Fsp3) is 0.269. The van der Waals surface area contributed by atoms with Gasteiger partial charge in [0.05, 0.1) is 17.8 Å². The molecule has 0 fully saturated rings. The molecule has 5 aromatic rings. The number of amides is 1. The van der Waals surface area contributed by atoms with E-state index in [2.05, 4.69) is 60.2 Å². The number of benzene rings is 2. The van der Waals surface area contributed by atoms with E-state index >= 15 is 0 Å². The Labute approximate surface area is 211 Å². The molecule has 2 N–H and O–H groups in total. The second-order valence-electron chi connectivity index (χ2n) is 9.45. The van der Waals surface area contributed by atoms with Gasteiger partial charge < -0.3 is 14.6 Å². The lowest BCUT2D eigenvalue weighted by atomic mass is 10.1. The molecule has 2 aliphatic rings. The molecule has 0 atom stereocenters. The number of fused-ring (bicyclic) bond motifs is 3. The molecule has 184 valence electrons. The molecule has 2 aromatic carbocycles. The van der Waals surface area contributed by atoms with Crippen LogP contribution in [-0.2, 0) is 37.0 Å². The number of anilines is 1. The number of aromatic amines is 1. The van der Waals surface area contributed by atoms with Gasteiger partial charge in [-0.05, 0) is 42.2 Å². The van der Waals surface area contributed by atoms with Crippen LogP contribution < -0.4 is 5.32 Å². The highest BCUT2D eigenvalue weighted by molar-refractivity contribution is 5.83. The third-order valence-electron chi connectivity index (χ3n) is 7.00. The van der Waals surface area contributed by atoms with Gasteiger partial charge in [-0.2, -0.15) is 15.4 Å². The molecule has 0 radical (unpaired) electrons. The van der Waals surface area contributed by atoms with Crippen LogP contribution in [0.2, 0.25) is 0 Å². The molecule has 0 saturated carbocycles. The number of carbonyl (C=O) groups excluding carboxylic acids is 1. The quantitative estimate of drug-likeness (QED) is 0.378. The fourth-order valence-corrected chi connectivity index (χ4v) is 5.08. The maximum atomic E-state index is 12.8. The first kappa shape index (κ1) is 21.6. The van der Waals surface area contributed by atoms with Crippen LogP contribution in [0.5, 0.6) is 0 Å². The van der Waals surface area contributed by atoms with Crippen LogP contribution >= 0.6 is 0 Å². The molecule has 0 saturated heterocycles. The van der Waals surface area contributed by atoms with Gasteiger partial charge in [-0.15, -0.1) is 10.2 Å². The van der Waals surface area contributed by atoms with Crippen molar-refractivity contribution in [3.05, 3.63) is 77.1 Å². The first-order chi connectivity index (χ1) is 18.2. The summed E-state index contributed by atoms with van der Waals surface area (Å²) >= 11 is 0. The Morgan fingerprint density at radius 1 is 1.08 bits per heavy atom. The van der Waals surface area contributed by atoms with Gasteiger partial charge in [0.1, 0.15) is 12.1 Å². The Morgan fingerprint density at radius 3 is 2.78 bits per heavy atom. The minimum atomic E-state index is -0.0823. The van der Waals surface area contributed by atoms with Crippen molar-refractivity contribution in [2.75, 3.05) is 11.9 Å². The molecule has 0 unspecified atom stereocenters. The smallest absolute Gasteiger partial charge is 0.247 e. The van der Waals surface area contributed by atoms with Crippen LogP contribution in [0.3, 0.4) is 0 Å². The van der Waals surface area contributed by atoms with Crippen molar-refractivity contribution >= 4 is 22.8 Å². The van der Waals surface area contributed by atoms with Crippen LogP contribution in [0, 0.1) is 0 Å². The highest BCUT2D eigenvalue weighted by atomic mass is 16.4. The van der Waals surface area contributed by atoms with Crippen molar-refractivity contribution in [3.8, 4) is 11.5 Å². The molecule has 0 bridgehead atoms. The minimum absolute atomic E-state index is 0.0386.